The van der Waals surface area contributed by atoms with Crippen molar-refractivity contribution in [3.8, 4) is 11.5 Å². The van der Waals surface area contributed by atoms with Gasteiger partial charge in [0, 0.05) is 18.8 Å². The van der Waals surface area contributed by atoms with Crippen LogP contribution in [0.4, 0.5) is 5.69 Å². The lowest BCUT2D eigenvalue weighted by Crippen LogP contribution is -2.36. The first-order chi connectivity index (χ1) is 16.6. The van der Waals surface area contributed by atoms with E-state index in [-0.39, 0.29) is 11.8 Å². The van der Waals surface area contributed by atoms with E-state index < -0.39 is 0 Å². The van der Waals surface area contributed by atoms with Crippen molar-refractivity contribution < 1.29 is 19.1 Å². The molecule has 0 N–H and O–H groups in total. The van der Waals surface area contributed by atoms with Crippen LogP contribution in [0.3, 0.4) is 0 Å². The minimum absolute atomic E-state index is 0.249. The Labute approximate surface area is 199 Å². The molecule has 3 aromatic carbocycles. The van der Waals surface area contributed by atoms with Crippen LogP contribution in [0, 0.1) is 0 Å². The summed E-state index contributed by atoms with van der Waals surface area (Å²) in [6, 6.07) is 23.1. The second kappa shape index (κ2) is 9.06. The fraction of sp³-hybridized carbons (Fsp3) is 0.214. The van der Waals surface area contributed by atoms with E-state index in [2.05, 4.69) is 6.07 Å². The molecule has 0 saturated carbocycles. The van der Waals surface area contributed by atoms with E-state index in [1.165, 1.54) is 10.5 Å². The second-order valence-electron chi connectivity index (χ2n) is 8.34. The Kier molecular flexibility index (Phi) is 5.80. The molecule has 0 fully saturated rings. The summed E-state index contributed by atoms with van der Waals surface area (Å²) in [6.07, 6.45) is 1.41. The summed E-state index contributed by atoms with van der Waals surface area (Å²) in [5.41, 5.74) is 4.81. The number of fused-ring (bicyclic) bond motifs is 1. The van der Waals surface area contributed by atoms with Gasteiger partial charge in [0.25, 0.3) is 11.8 Å². The molecule has 0 aromatic heterocycles. The lowest BCUT2D eigenvalue weighted by molar-refractivity contribution is -0.136. The summed E-state index contributed by atoms with van der Waals surface area (Å²) >= 11 is 0. The smallest absolute Gasteiger partial charge is 0.278 e. The maximum Gasteiger partial charge on any atom is 0.278 e. The zero-order valence-corrected chi connectivity index (χ0v) is 19.3. The molecule has 0 aliphatic carbocycles. The van der Waals surface area contributed by atoms with Crippen LogP contribution in [0.1, 0.15) is 16.7 Å². The molecular weight excluding hydrogens is 428 g/mol. The van der Waals surface area contributed by atoms with Crippen LogP contribution >= 0.6 is 0 Å². The van der Waals surface area contributed by atoms with Crippen molar-refractivity contribution in [3.63, 3.8) is 0 Å². The first-order valence-corrected chi connectivity index (χ1v) is 11.3. The summed E-state index contributed by atoms with van der Waals surface area (Å²) in [5.74, 6) is 0.963. The van der Waals surface area contributed by atoms with E-state index in [9.17, 15) is 9.59 Å². The molecule has 34 heavy (non-hydrogen) atoms. The fourth-order valence-electron chi connectivity index (χ4n) is 4.64. The molecule has 0 atom stereocenters. The molecule has 6 heteroatoms. The number of hydrogen-bond acceptors (Lipinski definition) is 5. The quantitative estimate of drug-likeness (QED) is 0.504. The number of anilines is 1. The number of hydrogen-bond donors (Lipinski definition) is 0. The normalized spacial score (nSPS) is 15.2. The monoisotopic (exact) mass is 454 g/mol. The van der Waals surface area contributed by atoms with Gasteiger partial charge in [-0.2, -0.15) is 0 Å². The van der Waals surface area contributed by atoms with Gasteiger partial charge in [0.2, 0.25) is 0 Å². The number of carbonyl (C=O) groups is 2. The number of carbonyl (C=O) groups excluding carboxylic acids is 2. The highest BCUT2D eigenvalue weighted by atomic mass is 16.5. The molecule has 172 valence electrons. The van der Waals surface area contributed by atoms with Crippen molar-refractivity contribution in [2.45, 2.75) is 12.8 Å². The van der Waals surface area contributed by atoms with E-state index in [0.29, 0.717) is 42.1 Å². The molecule has 2 amide bonds. The molecule has 2 aliphatic heterocycles. The van der Waals surface area contributed by atoms with E-state index in [0.717, 1.165) is 23.4 Å². The summed E-state index contributed by atoms with van der Waals surface area (Å²) in [7, 11) is 3.23. The van der Waals surface area contributed by atoms with Crippen molar-refractivity contribution >= 4 is 23.1 Å². The van der Waals surface area contributed by atoms with Gasteiger partial charge in [-0.05, 0) is 59.9 Å². The van der Waals surface area contributed by atoms with E-state index in [1.54, 1.807) is 14.2 Å². The maximum atomic E-state index is 13.7. The predicted molar refractivity (Wildman–Crippen MR) is 131 cm³/mol. The summed E-state index contributed by atoms with van der Waals surface area (Å²) in [5, 5.41) is 0. The Morgan fingerprint density at radius 1 is 0.794 bits per heavy atom. The van der Waals surface area contributed by atoms with E-state index in [4.69, 9.17) is 9.47 Å². The topological polar surface area (TPSA) is 59.1 Å². The van der Waals surface area contributed by atoms with Crippen LogP contribution in [0.25, 0.3) is 5.57 Å². The second-order valence-corrected chi connectivity index (χ2v) is 8.34. The van der Waals surface area contributed by atoms with E-state index >= 15 is 0 Å². The third-order valence-corrected chi connectivity index (χ3v) is 6.46. The van der Waals surface area contributed by atoms with Crippen LogP contribution in [0.15, 0.2) is 78.5 Å². The molecule has 0 saturated heterocycles. The molecule has 0 unspecified atom stereocenters. The molecule has 2 heterocycles. The van der Waals surface area contributed by atoms with Gasteiger partial charge < -0.3 is 14.4 Å². The molecular formula is C28H26N2O4. The predicted octanol–water partition coefficient (Wildman–Crippen LogP) is 4.09. The number of methoxy groups -OCH3 is 2. The number of ether oxygens (including phenoxy) is 2. The average Bonchev–Trinajstić information content (AvgIpc) is 3.41. The van der Waals surface area contributed by atoms with Gasteiger partial charge in [0.05, 0.1) is 19.8 Å². The SMILES string of the molecule is COc1ccc(CCN2C(=O)C(c3ccc(OC)cc3)=C(N3CCc4ccccc43)C2=O)cc1. The Morgan fingerprint density at radius 2 is 1.44 bits per heavy atom. The van der Waals surface area contributed by atoms with Crippen LogP contribution in [0.2, 0.25) is 0 Å². The van der Waals surface area contributed by atoms with Crippen LogP contribution in [0.5, 0.6) is 11.5 Å². The number of benzene rings is 3. The Hall–Kier alpha value is -4.06. The molecule has 0 spiro atoms. The minimum atomic E-state index is -0.261. The standard InChI is InChI=1S/C28H26N2O4/c1-33-22-11-7-19(8-12-22)15-17-30-27(31)25(21-9-13-23(34-2)14-10-21)26(28(30)32)29-18-16-20-5-3-4-6-24(20)29/h3-14H,15-18H2,1-2H3. The first kappa shape index (κ1) is 21.8. The molecule has 0 radical (unpaired) electrons. The molecule has 5 rings (SSSR count). The number of nitrogens with zero attached hydrogens (tertiary/aromatic N) is 2. The van der Waals surface area contributed by atoms with Crippen molar-refractivity contribution in [2.75, 3.05) is 32.2 Å². The highest BCUT2D eigenvalue weighted by Gasteiger charge is 2.43. The largest absolute Gasteiger partial charge is 0.497 e. The van der Waals surface area contributed by atoms with Crippen molar-refractivity contribution in [3.05, 3.63) is 95.2 Å². The van der Waals surface area contributed by atoms with Crippen molar-refractivity contribution in [2.24, 2.45) is 0 Å². The Morgan fingerprint density at radius 3 is 2.12 bits per heavy atom. The van der Waals surface area contributed by atoms with Gasteiger partial charge >= 0.3 is 0 Å². The maximum absolute atomic E-state index is 13.7. The van der Waals surface area contributed by atoms with Gasteiger partial charge in [-0.3, -0.25) is 14.5 Å². The molecule has 2 aliphatic rings. The number of amides is 2. The lowest BCUT2D eigenvalue weighted by Gasteiger charge is -2.22. The summed E-state index contributed by atoms with van der Waals surface area (Å²) < 4.78 is 10.5. The van der Waals surface area contributed by atoms with Gasteiger partial charge in [-0.25, -0.2) is 0 Å². The number of rotatable bonds is 7. The average molecular weight is 455 g/mol. The van der Waals surface area contributed by atoms with Crippen molar-refractivity contribution in [1.82, 2.24) is 4.90 Å². The van der Waals surface area contributed by atoms with Crippen molar-refractivity contribution in [1.29, 1.82) is 0 Å². The first-order valence-electron chi connectivity index (χ1n) is 11.3. The highest BCUT2D eigenvalue weighted by molar-refractivity contribution is 6.36. The number of para-hydroxylation sites is 1. The van der Waals surface area contributed by atoms with Crippen LogP contribution in [-0.2, 0) is 22.4 Å². The number of imide groups is 1. The molecule has 6 nitrogen and oxygen atoms in total. The zero-order chi connectivity index (χ0) is 23.7. The summed E-state index contributed by atoms with van der Waals surface area (Å²) in [4.78, 5) is 30.7. The van der Waals surface area contributed by atoms with Crippen LogP contribution < -0.4 is 14.4 Å². The Bertz CT molecular complexity index is 1260. The van der Waals surface area contributed by atoms with Gasteiger partial charge in [0.15, 0.2) is 0 Å². The van der Waals surface area contributed by atoms with Gasteiger partial charge in [0.1, 0.15) is 17.2 Å². The minimum Gasteiger partial charge on any atom is -0.497 e. The Balaban J connectivity index is 1.49. The summed E-state index contributed by atoms with van der Waals surface area (Å²) in [6.45, 7) is 0.975. The van der Waals surface area contributed by atoms with Crippen LogP contribution in [-0.4, -0.2) is 44.0 Å². The molecule has 0 bridgehead atoms. The van der Waals surface area contributed by atoms with Gasteiger partial charge in [-0.15, -0.1) is 0 Å². The molecule has 3 aromatic rings. The van der Waals surface area contributed by atoms with Gasteiger partial charge in [-0.1, -0.05) is 42.5 Å². The fourth-order valence-corrected chi connectivity index (χ4v) is 4.64. The lowest BCUT2D eigenvalue weighted by atomic mass is 10.0. The van der Waals surface area contributed by atoms with E-state index in [1.807, 2.05) is 71.6 Å². The highest BCUT2D eigenvalue weighted by Crippen LogP contribution is 2.38. The zero-order valence-electron chi connectivity index (χ0n) is 19.3. The third kappa shape index (κ3) is 3.81. The third-order valence-electron chi connectivity index (χ3n) is 6.46.